The fourth-order valence-electron chi connectivity index (χ4n) is 0.993. The number of hydrogen-bond donors (Lipinski definition) is 1. The van der Waals surface area contributed by atoms with Crippen LogP contribution in [0.2, 0.25) is 10.0 Å². The lowest BCUT2D eigenvalue weighted by molar-refractivity contribution is -0.153. The van der Waals surface area contributed by atoms with Gasteiger partial charge in [0.2, 0.25) is 10.0 Å². The van der Waals surface area contributed by atoms with Crippen molar-refractivity contribution in [3.05, 3.63) is 22.2 Å². The predicted octanol–water partition coefficient (Wildman–Crippen LogP) is 2.58. The quantitative estimate of drug-likeness (QED) is 0.929. The molecular weight excluding hydrogens is 318 g/mol. The Morgan fingerprint density at radius 3 is 2.00 bits per heavy atom. The molecule has 18 heavy (non-hydrogen) atoms. The molecule has 0 bridgehead atoms. The molecule has 0 heterocycles. The van der Waals surface area contributed by atoms with Gasteiger partial charge < -0.3 is 4.74 Å². The predicted molar refractivity (Wildman–Crippen MR) is 59.4 cm³/mol. The van der Waals surface area contributed by atoms with Crippen LogP contribution in [0, 0.1) is 0 Å². The van der Waals surface area contributed by atoms with E-state index in [0.29, 0.717) is 0 Å². The second-order valence-electron chi connectivity index (χ2n) is 3.16. The number of ether oxygens (including phenoxy) is 1. The van der Waals surface area contributed by atoms with E-state index in [-0.39, 0.29) is 10.0 Å². The summed E-state index contributed by atoms with van der Waals surface area (Å²) in [6.45, 7) is -1.60. The summed E-state index contributed by atoms with van der Waals surface area (Å²) in [5, 5.41) is 4.06. The minimum Gasteiger partial charge on any atom is -0.481 e. The van der Waals surface area contributed by atoms with Crippen LogP contribution in [-0.4, -0.2) is 21.2 Å². The van der Waals surface area contributed by atoms with E-state index in [4.69, 9.17) is 28.3 Å². The van der Waals surface area contributed by atoms with Gasteiger partial charge in [-0.25, -0.2) is 13.6 Å². The van der Waals surface area contributed by atoms with Gasteiger partial charge in [0.15, 0.2) is 12.4 Å². The van der Waals surface area contributed by atoms with Crippen molar-refractivity contribution in [3.63, 3.8) is 0 Å². The lowest BCUT2D eigenvalue weighted by Crippen LogP contribution is -2.19. The Bertz CT molecular complexity index is 536. The van der Waals surface area contributed by atoms with Crippen LogP contribution in [0.3, 0.4) is 0 Å². The molecular formula is C8H6Cl2F3NO3S. The molecule has 10 heteroatoms. The van der Waals surface area contributed by atoms with Crippen molar-refractivity contribution in [2.24, 2.45) is 5.14 Å². The molecule has 0 radical (unpaired) electrons. The largest absolute Gasteiger partial charge is 0.481 e. The first-order valence-corrected chi connectivity index (χ1v) is 6.52. The molecule has 102 valence electrons. The molecule has 0 spiro atoms. The highest BCUT2D eigenvalue weighted by molar-refractivity contribution is 7.89. The van der Waals surface area contributed by atoms with Crippen molar-refractivity contribution < 1.29 is 26.3 Å². The van der Waals surface area contributed by atoms with E-state index in [1.165, 1.54) is 0 Å². The number of nitrogens with two attached hydrogens (primary N) is 1. The average molecular weight is 324 g/mol. The molecule has 2 N–H and O–H groups in total. The maximum atomic E-state index is 11.9. The second-order valence-corrected chi connectivity index (χ2v) is 5.54. The molecule has 0 aromatic heterocycles. The molecule has 0 aliphatic carbocycles. The van der Waals surface area contributed by atoms with Crippen LogP contribution in [-0.2, 0) is 10.0 Å². The SMILES string of the molecule is NS(=O)(=O)c1cc(Cl)c(OCC(F)(F)F)c(Cl)c1. The van der Waals surface area contributed by atoms with E-state index in [0.717, 1.165) is 12.1 Å². The van der Waals surface area contributed by atoms with Crippen LogP contribution in [0.15, 0.2) is 17.0 Å². The van der Waals surface area contributed by atoms with Gasteiger partial charge >= 0.3 is 6.18 Å². The Hall–Kier alpha value is -0.700. The molecule has 0 atom stereocenters. The van der Waals surface area contributed by atoms with Gasteiger partial charge in [-0.15, -0.1) is 0 Å². The molecule has 0 amide bonds. The van der Waals surface area contributed by atoms with Gasteiger partial charge in [0.25, 0.3) is 0 Å². The monoisotopic (exact) mass is 323 g/mol. The maximum Gasteiger partial charge on any atom is 0.422 e. The van der Waals surface area contributed by atoms with Crippen molar-refractivity contribution in [1.82, 2.24) is 0 Å². The summed E-state index contributed by atoms with van der Waals surface area (Å²) in [6, 6.07) is 1.71. The summed E-state index contributed by atoms with van der Waals surface area (Å²) in [5.74, 6) is -0.456. The minimum absolute atomic E-state index is 0.379. The fraction of sp³-hybridized carbons (Fsp3) is 0.250. The Morgan fingerprint density at radius 1 is 1.22 bits per heavy atom. The third-order valence-corrected chi connectivity index (χ3v) is 3.13. The molecule has 4 nitrogen and oxygen atoms in total. The molecule has 0 fully saturated rings. The fourth-order valence-corrected chi connectivity index (χ4v) is 2.28. The number of hydrogen-bond acceptors (Lipinski definition) is 3. The number of primary sulfonamides is 1. The first kappa shape index (κ1) is 15.4. The Balaban J connectivity index is 3.10. The van der Waals surface area contributed by atoms with Crippen LogP contribution in [0.4, 0.5) is 13.2 Å². The molecule has 1 aromatic carbocycles. The van der Waals surface area contributed by atoms with Crippen LogP contribution in [0.5, 0.6) is 5.75 Å². The second kappa shape index (κ2) is 5.12. The van der Waals surface area contributed by atoms with Gasteiger partial charge in [0.05, 0.1) is 14.9 Å². The van der Waals surface area contributed by atoms with Crippen molar-refractivity contribution in [3.8, 4) is 5.75 Å². The van der Waals surface area contributed by atoms with E-state index in [9.17, 15) is 21.6 Å². The Kier molecular flexibility index (Phi) is 4.37. The molecule has 0 unspecified atom stereocenters. The minimum atomic E-state index is -4.56. The van der Waals surface area contributed by atoms with Gasteiger partial charge in [-0.05, 0) is 12.1 Å². The van der Waals surface area contributed by atoms with Gasteiger partial charge in [0.1, 0.15) is 0 Å². The van der Waals surface area contributed by atoms with Crippen molar-refractivity contribution in [1.29, 1.82) is 0 Å². The lowest BCUT2D eigenvalue weighted by atomic mass is 10.3. The van der Waals surface area contributed by atoms with Crippen LogP contribution in [0.25, 0.3) is 0 Å². The molecule has 0 saturated heterocycles. The third-order valence-electron chi connectivity index (χ3n) is 1.68. The molecule has 1 rings (SSSR count). The van der Waals surface area contributed by atoms with Gasteiger partial charge in [-0.3, -0.25) is 0 Å². The van der Waals surface area contributed by atoms with E-state index >= 15 is 0 Å². The van der Waals surface area contributed by atoms with Crippen molar-refractivity contribution in [2.45, 2.75) is 11.1 Å². The summed E-state index contributed by atoms with van der Waals surface area (Å²) in [6.07, 6.45) is -4.56. The maximum absolute atomic E-state index is 11.9. The standard InChI is InChI=1S/C8H6Cl2F3NO3S/c9-5-1-4(18(14,15)16)2-6(10)7(5)17-3-8(11,12)13/h1-2H,3H2,(H2,14,15,16). The Labute approximate surface area is 110 Å². The number of alkyl halides is 3. The zero-order valence-corrected chi connectivity index (χ0v) is 10.8. The zero-order chi connectivity index (χ0) is 14.1. The third kappa shape index (κ3) is 4.20. The first-order chi connectivity index (χ1) is 8.00. The molecule has 0 aliphatic heterocycles. The highest BCUT2D eigenvalue weighted by Gasteiger charge is 2.29. The number of halogens is 5. The summed E-state index contributed by atoms with van der Waals surface area (Å²) >= 11 is 11.1. The Morgan fingerprint density at radius 2 is 1.67 bits per heavy atom. The van der Waals surface area contributed by atoms with Crippen LogP contribution < -0.4 is 9.88 Å². The highest BCUT2D eigenvalue weighted by atomic mass is 35.5. The summed E-state index contributed by atoms with van der Waals surface area (Å²) in [4.78, 5) is -0.420. The smallest absolute Gasteiger partial charge is 0.422 e. The van der Waals surface area contributed by atoms with Crippen LogP contribution >= 0.6 is 23.2 Å². The molecule has 0 aliphatic rings. The van der Waals surface area contributed by atoms with E-state index in [1.54, 1.807) is 0 Å². The summed E-state index contributed by atoms with van der Waals surface area (Å²) in [7, 11) is -4.05. The van der Waals surface area contributed by atoms with E-state index in [1.807, 2.05) is 0 Å². The summed E-state index contributed by atoms with van der Waals surface area (Å²) < 4.78 is 62.2. The zero-order valence-electron chi connectivity index (χ0n) is 8.46. The molecule has 0 saturated carbocycles. The van der Waals surface area contributed by atoms with Crippen molar-refractivity contribution >= 4 is 33.2 Å². The van der Waals surface area contributed by atoms with Crippen molar-refractivity contribution in [2.75, 3.05) is 6.61 Å². The highest BCUT2D eigenvalue weighted by Crippen LogP contribution is 2.36. The number of rotatable bonds is 3. The topological polar surface area (TPSA) is 69.4 Å². The van der Waals surface area contributed by atoms with E-state index < -0.39 is 33.5 Å². The average Bonchev–Trinajstić information content (AvgIpc) is 2.12. The van der Waals surface area contributed by atoms with Gasteiger partial charge in [-0.1, -0.05) is 23.2 Å². The summed E-state index contributed by atoms with van der Waals surface area (Å²) in [5.41, 5.74) is 0. The van der Waals surface area contributed by atoms with E-state index in [2.05, 4.69) is 4.74 Å². The number of sulfonamides is 1. The number of benzene rings is 1. The lowest BCUT2D eigenvalue weighted by Gasteiger charge is -2.12. The normalized spacial score (nSPS) is 12.6. The molecule has 1 aromatic rings. The van der Waals surface area contributed by atoms with Gasteiger partial charge in [-0.2, -0.15) is 13.2 Å². The van der Waals surface area contributed by atoms with Crippen LogP contribution in [0.1, 0.15) is 0 Å². The van der Waals surface area contributed by atoms with Gasteiger partial charge in [0, 0.05) is 0 Å². The first-order valence-electron chi connectivity index (χ1n) is 4.22.